The monoisotopic (exact) mass is 190 g/mol. The summed E-state index contributed by atoms with van der Waals surface area (Å²) in [4.78, 5) is 8.47. The Kier molecular flexibility index (Phi) is 1.74. The second kappa shape index (κ2) is 2.70. The van der Waals surface area contributed by atoms with Crippen LogP contribution in [0.2, 0.25) is 0 Å². The fraction of sp³-hybridized carbons (Fsp3) is 0.400. The summed E-state index contributed by atoms with van der Waals surface area (Å²) in [6.45, 7) is 6.36. The Morgan fingerprint density at radius 1 is 1.21 bits per heavy atom. The number of nitrogen functional groups attached to an aromatic ring is 1. The SMILES string of the molecule is CC(C)(C)c1cn2c(N)cnc2cn1. The summed E-state index contributed by atoms with van der Waals surface area (Å²) in [6, 6.07) is 0. The first kappa shape index (κ1) is 8.99. The molecule has 74 valence electrons. The minimum Gasteiger partial charge on any atom is -0.383 e. The molecule has 4 nitrogen and oxygen atoms in total. The zero-order valence-corrected chi connectivity index (χ0v) is 8.65. The van der Waals surface area contributed by atoms with Gasteiger partial charge in [0.15, 0.2) is 5.65 Å². The van der Waals surface area contributed by atoms with Crippen molar-refractivity contribution in [3.8, 4) is 0 Å². The summed E-state index contributed by atoms with van der Waals surface area (Å²) >= 11 is 0. The second-order valence-electron chi connectivity index (χ2n) is 4.43. The number of hydrogen-bond donors (Lipinski definition) is 1. The predicted molar refractivity (Wildman–Crippen MR) is 56.1 cm³/mol. The van der Waals surface area contributed by atoms with Crippen LogP contribution in [0.3, 0.4) is 0 Å². The van der Waals surface area contributed by atoms with Crippen molar-refractivity contribution in [1.82, 2.24) is 14.4 Å². The fourth-order valence-corrected chi connectivity index (χ4v) is 1.30. The predicted octanol–water partition coefficient (Wildman–Crippen LogP) is 1.61. The quantitative estimate of drug-likeness (QED) is 0.686. The van der Waals surface area contributed by atoms with Gasteiger partial charge in [0.25, 0.3) is 0 Å². The third kappa shape index (κ3) is 1.32. The molecule has 0 aliphatic rings. The smallest absolute Gasteiger partial charge is 0.156 e. The van der Waals surface area contributed by atoms with Crippen molar-refractivity contribution in [3.05, 3.63) is 24.3 Å². The Morgan fingerprint density at radius 2 is 1.93 bits per heavy atom. The molecule has 0 unspecified atom stereocenters. The van der Waals surface area contributed by atoms with Gasteiger partial charge in [-0.1, -0.05) is 20.8 Å². The summed E-state index contributed by atoms with van der Waals surface area (Å²) in [6.07, 6.45) is 5.33. The first-order valence-corrected chi connectivity index (χ1v) is 4.57. The Morgan fingerprint density at radius 3 is 2.57 bits per heavy atom. The highest BCUT2D eigenvalue weighted by atomic mass is 15.1. The van der Waals surface area contributed by atoms with Crippen molar-refractivity contribution in [1.29, 1.82) is 0 Å². The molecular weight excluding hydrogens is 176 g/mol. The molecule has 2 heterocycles. The van der Waals surface area contributed by atoms with Crippen LogP contribution >= 0.6 is 0 Å². The molecule has 0 atom stereocenters. The van der Waals surface area contributed by atoms with Gasteiger partial charge < -0.3 is 5.73 Å². The highest BCUT2D eigenvalue weighted by Crippen LogP contribution is 2.20. The van der Waals surface area contributed by atoms with Gasteiger partial charge in [-0.05, 0) is 0 Å². The molecule has 0 radical (unpaired) electrons. The van der Waals surface area contributed by atoms with E-state index in [9.17, 15) is 0 Å². The highest BCUT2D eigenvalue weighted by Gasteiger charge is 2.16. The molecule has 0 saturated heterocycles. The molecule has 0 amide bonds. The minimum absolute atomic E-state index is 0.0326. The molecule has 2 aromatic rings. The van der Waals surface area contributed by atoms with Crippen molar-refractivity contribution in [2.45, 2.75) is 26.2 Å². The van der Waals surface area contributed by atoms with E-state index in [4.69, 9.17) is 5.73 Å². The fourth-order valence-electron chi connectivity index (χ4n) is 1.30. The second-order valence-corrected chi connectivity index (χ2v) is 4.43. The van der Waals surface area contributed by atoms with Crippen LogP contribution < -0.4 is 5.73 Å². The van der Waals surface area contributed by atoms with Gasteiger partial charge in [-0.15, -0.1) is 0 Å². The largest absolute Gasteiger partial charge is 0.383 e. The van der Waals surface area contributed by atoms with Crippen molar-refractivity contribution in [2.24, 2.45) is 0 Å². The standard InChI is InChI=1S/C10H14N4/c1-10(2,3)7-6-14-8(11)4-13-9(14)5-12-7/h4-6H,11H2,1-3H3. The van der Waals surface area contributed by atoms with Crippen LogP contribution in [-0.2, 0) is 5.41 Å². The van der Waals surface area contributed by atoms with E-state index in [1.54, 1.807) is 12.4 Å². The van der Waals surface area contributed by atoms with E-state index in [0.29, 0.717) is 5.82 Å². The van der Waals surface area contributed by atoms with E-state index >= 15 is 0 Å². The molecule has 0 aliphatic carbocycles. The summed E-state index contributed by atoms with van der Waals surface area (Å²) in [5, 5.41) is 0. The maximum absolute atomic E-state index is 5.76. The third-order valence-corrected chi connectivity index (χ3v) is 2.19. The van der Waals surface area contributed by atoms with Crippen LogP contribution in [0.25, 0.3) is 5.65 Å². The molecule has 2 N–H and O–H groups in total. The Balaban J connectivity index is 2.66. The number of nitrogens with zero attached hydrogens (tertiary/aromatic N) is 3. The molecule has 0 saturated carbocycles. The number of hydrogen-bond acceptors (Lipinski definition) is 3. The molecular formula is C10H14N4. The maximum atomic E-state index is 5.76. The lowest BCUT2D eigenvalue weighted by Gasteiger charge is -2.17. The van der Waals surface area contributed by atoms with E-state index in [0.717, 1.165) is 11.3 Å². The molecule has 14 heavy (non-hydrogen) atoms. The Hall–Kier alpha value is -1.58. The maximum Gasteiger partial charge on any atom is 0.156 e. The third-order valence-electron chi connectivity index (χ3n) is 2.19. The number of nitrogens with two attached hydrogens (primary N) is 1. The van der Waals surface area contributed by atoms with Gasteiger partial charge in [-0.25, -0.2) is 4.98 Å². The van der Waals surface area contributed by atoms with Gasteiger partial charge in [-0.3, -0.25) is 9.38 Å². The molecule has 0 fully saturated rings. The first-order valence-electron chi connectivity index (χ1n) is 4.57. The van der Waals surface area contributed by atoms with Gasteiger partial charge in [0.05, 0.1) is 18.1 Å². The zero-order chi connectivity index (χ0) is 10.3. The lowest BCUT2D eigenvalue weighted by Crippen LogP contribution is -2.14. The van der Waals surface area contributed by atoms with Crippen molar-refractivity contribution >= 4 is 11.5 Å². The summed E-state index contributed by atoms with van der Waals surface area (Å²) < 4.78 is 1.85. The van der Waals surface area contributed by atoms with Gasteiger partial charge in [0, 0.05) is 11.6 Å². The summed E-state index contributed by atoms with van der Waals surface area (Å²) in [7, 11) is 0. The molecule has 0 spiro atoms. The molecule has 4 heteroatoms. The van der Waals surface area contributed by atoms with E-state index in [-0.39, 0.29) is 5.41 Å². The number of anilines is 1. The number of aromatic nitrogens is 3. The molecule has 0 aliphatic heterocycles. The van der Waals surface area contributed by atoms with Gasteiger partial charge in [0.1, 0.15) is 5.82 Å². The summed E-state index contributed by atoms with van der Waals surface area (Å²) in [5.41, 5.74) is 7.59. The van der Waals surface area contributed by atoms with E-state index in [1.165, 1.54) is 0 Å². The number of imidazole rings is 1. The first-order chi connectivity index (χ1) is 6.48. The van der Waals surface area contributed by atoms with Crippen LogP contribution in [0.4, 0.5) is 5.82 Å². The van der Waals surface area contributed by atoms with Crippen LogP contribution in [0.5, 0.6) is 0 Å². The van der Waals surface area contributed by atoms with E-state index < -0.39 is 0 Å². The van der Waals surface area contributed by atoms with Crippen LogP contribution in [0.15, 0.2) is 18.6 Å². The summed E-state index contributed by atoms with van der Waals surface area (Å²) in [5.74, 6) is 0.646. The van der Waals surface area contributed by atoms with Crippen molar-refractivity contribution < 1.29 is 0 Å². The van der Waals surface area contributed by atoms with Gasteiger partial charge in [0.2, 0.25) is 0 Å². The highest BCUT2D eigenvalue weighted by molar-refractivity contribution is 5.46. The van der Waals surface area contributed by atoms with Crippen molar-refractivity contribution in [2.75, 3.05) is 5.73 Å². The minimum atomic E-state index is 0.0326. The van der Waals surface area contributed by atoms with E-state index in [1.807, 2.05) is 10.6 Å². The normalized spacial score (nSPS) is 12.2. The zero-order valence-electron chi connectivity index (χ0n) is 8.65. The lowest BCUT2D eigenvalue weighted by atomic mass is 9.93. The van der Waals surface area contributed by atoms with Crippen molar-refractivity contribution in [3.63, 3.8) is 0 Å². The average Bonchev–Trinajstić information content (AvgIpc) is 2.46. The number of fused-ring (bicyclic) bond motifs is 1. The Bertz CT molecular complexity index is 464. The number of rotatable bonds is 0. The lowest BCUT2D eigenvalue weighted by molar-refractivity contribution is 0.565. The van der Waals surface area contributed by atoms with E-state index in [2.05, 4.69) is 30.7 Å². The topological polar surface area (TPSA) is 56.2 Å². The molecule has 0 bridgehead atoms. The molecule has 2 rings (SSSR count). The molecule has 0 aromatic carbocycles. The van der Waals surface area contributed by atoms with Gasteiger partial charge >= 0.3 is 0 Å². The Labute approximate surface area is 82.8 Å². The van der Waals surface area contributed by atoms with Gasteiger partial charge in [-0.2, -0.15) is 0 Å². The average molecular weight is 190 g/mol. The van der Waals surface area contributed by atoms with Crippen LogP contribution in [0.1, 0.15) is 26.5 Å². The molecule has 2 aromatic heterocycles. The van der Waals surface area contributed by atoms with Crippen LogP contribution in [-0.4, -0.2) is 14.4 Å². The van der Waals surface area contributed by atoms with Crippen LogP contribution in [0, 0.1) is 0 Å².